The number of ether oxygens (including phenoxy) is 1. The number of aromatic nitrogens is 3. The van der Waals surface area contributed by atoms with Crippen LogP contribution in [0.15, 0.2) is 58.2 Å². The molecular formula is C25H25N5O6S. The van der Waals surface area contributed by atoms with Crippen molar-refractivity contribution in [1.82, 2.24) is 15.1 Å². The maximum Gasteiger partial charge on any atom is 0.222 e. The number of sulfone groups is 1. The molecule has 192 valence electrons. The van der Waals surface area contributed by atoms with E-state index in [0.717, 1.165) is 11.6 Å². The van der Waals surface area contributed by atoms with Crippen LogP contribution < -0.4 is 10.6 Å². The Hall–Kier alpha value is -3.87. The fourth-order valence-electron chi connectivity index (χ4n) is 4.33. The van der Waals surface area contributed by atoms with E-state index in [1.807, 2.05) is 18.2 Å². The molecule has 0 saturated carbocycles. The lowest BCUT2D eigenvalue weighted by Gasteiger charge is -2.26. The summed E-state index contributed by atoms with van der Waals surface area (Å²) in [6.07, 6.45) is 3.15. The van der Waals surface area contributed by atoms with Gasteiger partial charge in [0.15, 0.2) is 20.4 Å². The molecule has 11 nitrogen and oxygen atoms in total. The molecule has 3 aromatic heterocycles. The molecule has 3 N–H and O–H groups in total. The number of hydrogen-bond acceptors (Lipinski definition) is 10. The van der Waals surface area contributed by atoms with Crippen LogP contribution in [0.1, 0.15) is 18.9 Å². The smallest absolute Gasteiger partial charge is 0.222 e. The molecule has 1 aliphatic rings. The first-order chi connectivity index (χ1) is 17.7. The van der Waals surface area contributed by atoms with Crippen LogP contribution in [0.5, 0.6) is 0 Å². The van der Waals surface area contributed by atoms with Gasteiger partial charge in [-0.2, -0.15) is 0 Å². The first kappa shape index (κ1) is 24.8. The Morgan fingerprint density at radius 1 is 1.19 bits per heavy atom. The number of hydrogen-bond donors (Lipinski definition) is 3. The molecule has 1 aliphatic heterocycles. The van der Waals surface area contributed by atoms with Gasteiger partial charge in [0.05, 0.1) is 18.9 Å². The lowest BCUT2D eigenvalue weighted by molar-refractivity contribution is -0.114. The molecule has 0 bridgehead atoms. The first-order valence-corrected chi connectivity index (χ1v) is 13.4. The van der Waals surface area contributed by atoms with Crippen molar-refractivity contribution in [1.29, 1.82) is 0 Å². The summed E-state index contributed by atoms with van der Waals surface area (Å²) in [5.41, 5.74) is 1.95. The quantitative estimate of drug-likeness (QED) is 0.329. The predicted molar refractivity (Wildman–Crippen MR) is 136 cm³/mol. The number of pyridine rings is 2. The van der Waals surface area contributed by atoms with E-state index in [-0.39, 0.29) is 35.8 Å². The number of anilines is 3. The maximum absolute atomic E-state index is 12.5. The SMILES string of the molecule is CC(=O)Nc1cc(Nc2cc(C3(CO)CCOC3)cc(S(C)(=O)=O)n2)c(-c2noc3ccccc23)cn1. The van der Waals surface area contributed by atoms with Crippen molar-refractivity contribution in [2.45, 2.75) is 23.8 Å². The largest absolute Gasteiger partial charge is 0.395 e. The van der Waals surface area contributed by atoms with Crippen molar-refractivity contribution < 1.29 is 27.6 Å². The summed E-state index contributed by atoms with van der Waals surface area (Å²) in [6, 6.07) is 12.1. The lowest BCUT2D eigenvalue weighted by atomic mass is 9.81. The molecule has 4 heterocycles. The molecule has 1 atom stereocenters. The fraction of sp³-hybridized carbons (Fsp3) is 0.280. The summed E-state index contributed by atoms with van der Waals surface area (Å²) in [7, 11) is -3.68. The van der Waals surface area contributed by atoms with Crippen molar-refractivity contribution in [2.24, 2.45) is 0 Å². The second-order valence-electron chi connectivity index (χ2n) is 9.04. The Balaban J connectivity index is 1.66. The molecule has 1 amide bonds. The molecule has 0 spiro atoms. The summed E-state index contributed by atoms with van der Waals surface area (Å²) in [4.78, 5) is 20.3. The van der Waals surface area contributed by atoms with Crippen molar-refractivity contribution in [3.05, 3.63) is 54.2 Å². The van der Waals surface area contributed by atoms with Crippen LogP contribution >= 0.6 is 0 Å². The van der Waals surface area contributed by atoms with Gasteiger partial charge in [-0.3, -0.25) is 4.79 Å². The van der Waals surface area contributed by atoms with Crippen molar-refractivity contribution >= 4 is 44.0 Å². The highest BCUT2D eigenvalue weighted by molar-refractivity contribution is 7.90. The van der Waals surface area contributed by atoms with Crippen LogP contribution in [0, 0.1) is 0 Å². The standard InChI is InChI=1S/C25H25N5O6S/c1-15(32)27-21-11-19(18(12-26-21)24-17-5-3-4-6-20(17)36-30-24)28-22-9-16(10-23(29-22)37(2,33)34)25(13-31)7-8-35-14-25/h3-6,9-12,31H,7-8,13-14H2,1-2H3,(H2,26,27,28,29,32). The van der Waals surface area contributed by atoms with E-state index in [0.29, 0.717) is 41.1 Å². The topological polar surface area (TPSA) is 157 Å². The average Bonchev–Trinajstić information content (AvgIpc) is 3.51. The minimum atomic E-state index is -3.68. The minimum Gasteiger partial charge on any atom is -0.395 e. The summed E-state index contributed by atoms with van der Waals surface area (Å²) in [5.74, 6) is 0.206. The van der Waals surface area contributed by atoms with Gasteiger partial charge in [0.1, 0.15) is 17.3 Å². The molecule has 1 unspecified atom stereocenters. The van der Waals surface area contributed by atoms with Gasteiger partial charge in [-0.15, -0.1) is 0 Å². The van der Waals surface area contributed by atoms with Crippen LogP contribution in [0.25, 0.3) is 22.2 Å². The van der Waals surface area contributed by atoms with Crippen molar-refractivity contribution in [3.8, 4) is 11.3 Å². The van der Waals surface area contributed by atoms with Gasteiger partial charge >= 0.3 is 0 Å². The predicted octanol–water partition coefficient (Wildman–Crippen LogP) is 3.04. The number of nitrogens with one attached hydrogen (secondary N) is 2. The summed E-state index contributed by atoms with van der Waals surface area (Å²) in [5, 5.41) is 20.9. The van der Waals surface area contributed by atoms with Crippen molar-refractivity contribution in [3.63, 3.8) is 0 Å². The van der Waals surface area contributed by atoms with Gasteiger partial charge in [0.25, 0.3) is 0 Å². The number of amides is 1. The monoisotopic (exact) mass is 523 g/mol. The second-order valence-corrected chi connectivity index (χ2v) is 11.0. The fourth-order valence-corrected chi connectivity index (χ4v) is 4.94. The number of benzene rings is 1. The Morgan fingerprint density at radius 3 is 2.70 bits per heavy atom. The molecule has 12 heteroatoms. The van der Waals surface area contributed by atoms with Crippen LogP contribution in [0.4, 0.5) is 17.3 Å². The zero-order chi connectivity index (χ0) is 26.2. The zero-order valence-electron chi connectivity index (χ0n) is 20.2. The third-order valence-corrected chi connectivity index (χ3v) is 7.27. The lowest BCUT2D eigenvalue weighted by Crippen LogP contribution is -2.31. The Labute approximate surface area is 212 Å². The van der Waals surface area contributed by atoms with Gasteiger partial charge in [-0.25, -0.2) is 18.4 Å². The van der Waals surface area contributed by atoms with Gasteiger partial charge < -0.3 is 25.0 Å². The minimum absolute atomic E-state index is 0.142. The van der Waals surface area contributed by atoms with Crippen LogP contribution in [-0.4, -0.2) is 60.6 Å². The number of carbonyl (C=O) groups excluding carboxylic acids is 1. The van der Waals surface area contributed by atoms with E-state index in [9.17, 15) is 18.3 Å². The highest BCUT2D eigenvalue weighted by Crippen LogP contribution is 2.38. The van der Waals surface area contributed by atoms with Crippen LogP contribution in [0.2, 0.25) is 0 Å². The molecule has 1 fully saturated rings. The third-order valence-electron chi connectivity index (χ3n) is 6.30. The average molecular weight is 524 g/mol. The summed E-state index contributed by atoms with van der Waals surface area (Å²) in [6.45, 7) is 1.87. The third kappa shape index (κ3) is 4.90. The Kier molecular flexibility index (Phi) is 6.40. The molecular weight excluding hydrogens is 498 g/mol. The molecule has 0 aliphatic carbocycles. The number of para-hydroxylation sites is 1. The van der Waals surface area contributed by atoms with E-state index in [1.54, 1.807) is 24.4 Å². The molecule has 0 radical (unpaired) electrons. The molecule has 1 saturated heterocycles. The molecule has 1 aromatic carbocycles. The Morgan fingerprint density at radius 2 is 2.00 bits per heavy atom. The zero-order valence-corrected chi connectivity index (χ0v) is 21.0. The second kappa shape index (κ2) is 9.54. The van der Waals surface area contributed by atoms with E-state index in [2.05, 4.69) is 25.8 Å². The highest BCUT2D eigenvalue weighted by Gasteiger charge is 2.37. The van der Waals surface area contributed by atoms with E-state index in [4.69, 9.17) is 9.26 Å². The van der Waals surface area contributed by atoms with Gasteiger partial charge in [0, 0.05) is 48.4 Å². The summed E-state index contributed by atoms with van der Waals surface area (Å²) >= 11 is 0. The number of aliphatic hydroxyl groups excluding tert-OH is 1. The van der Waals surface area contributed by atoms with E-state index < -0.39 is 15.3 Å². The van der Waals surface area contributed by atoms with Gasteiger partial charge in [-0.1, -0.05) is 17.3 Å². The van der Waals surface area contributed by atoms with Crippen LogP contribution in [-0.2, 0) is 24.8 Å². The number of fused-ring (bicyclic) bond motifs is 1. The number of carbonyl (C=O) groups is 1. The van der Waals surface area contributed by atoms with E-state index in [1.165, 1.54) is 13.0 Å². The number of nitrogens with zero attached hydrogens (tertiary/aromatic N) is 3. The van der Waals surface area contributed by atoms with Gasteiger partial charge in [0.2, 0.25) is 5.91 Å². The number of aliphatic hydroxyl groups is 1. The van der Waals surface area contributed by atoms with Crippen molar-refractivity contribution in [2.75, 3.05) is 36.7 Å². The molecule has 37 heavy (non-hydrogen) atoms. The normalized spacial score (nSPS) is 17.7. The number of rotatable bonds is 7. The summed E-state index contributed by atoms with van der Waals surface area (Å²) < 4.78 is 36.0. The Bertz CT molecular complexity index is 1590. The van der Waals surface area contributed by atoms with Crippen LogP contribution in [0.3, 0.4) is 0 Å². The molecule has 5 rings (SSSR count). The van der Waals surface area contributed by atoms with Gasteiger partial charge in [-0.05, 0) is 36.2 Å². The van der Waals surface area contributed by atoms with E-state index >= 15 is 0 Å². The highest BCUT2D eigenvalue weighted by atomic mass is 32.2. The molecule has 4 aromatic rings. The maximum atomic E-state index is 12.5. The first-order valence-electron chi connectivity index (χ1n) is 11.5.